The zero-order chi connectivity index (χ0) is 12.1. The smallest absolute Gasteiger partial charge is 0.239 e. The first-order valence-electron chi connectivity index (χ1n) is 5.38. The van der Waals surface area contributed by atoms with Gasteiger partial charge in [0.15, 0.2) is 5.65 Å². The summed E-state index contributed by atoms with van der Waals surface area (Å²) in [5, 5.41) is 13.1. The van der Waals surface area contributed by atoms with Crippen LogP contribution >= 0.6 is 0 Å². The first kappa shape index (κ1) is 9.13. The minimum atomic E-state index is 0.449. The molecule has 0 bridgehead atoms. The molecule has 0 saturated heterocycles. The fourth-order valence-electron chi connectivity index (χ4n) is 2.10. The lowest BCUT2D eigenvalue weighted by atomic mass is 10.3. The molecule has 0 atom stereocenters. The summed E-state index contributed by atoms with van der Waals surface area (Å²) in [6.07, 6.45) is 3.17. The van der Waals surface area contributed by atoms with Crippen LogP contribution in [0, 0.1) is 11.3 Å². The van der Waals surface area contributed by atoms with Crippen LogP contribution in [0.2, 0.25) is 0 Å². The van der Waals surface area contributed by atoms with Gasteiger partial charge in [-0.3, -0.25) is 4.40 Å². The minimum Gasteiger partial charge on any atom is -0.267 e. The molecule has 3 aromatic heterocycles. The van der Waals surface area contributed by atoms with Crippen molar-refractivity contribution < 1.29 is 0 Å². The molecule has 84 valence electrons. The Morgan fingerprint density at radius 1 is 1.22 bits per heavy atom. The molecular weight excluding hydrogens is 228 g/mol. The lowest BCUT2D eigenvalue weighted by Gasteiger charge is -1.96. The Hall–Kier alpha value is -2.94. The molecule has 0 aliphatic carbocycles. The van der Waals surface area contributed by atoms with Gasteiger partial charge in [-0.05, 0) is 12.1 Å². The Bertz CT molecular complexity index is 940. The molecule has 0 unspecified atom stereocenters. The number of imidazole rings is 1. The number of benzene rings is 1. The molecule has 3 heterocycles. The molecule has 0 aliphatic heterocycles. The van der Waals surface area contributed by atoms with Crippen LogP contribution in [-0.4, -0.2) is 24.0 Å². The van der Waals surface area contributed by atoms with Gasteiger partial charge in [-0.1, -0.05) is 12.1 Å². The highest BCUT2D eigenvalue weighted by Gasteiger charge is 2.11. The monoisotopic (exact) mass is 234 g/mol. The third kappa shape index (κ3) is 0.978. The molecule has 0 saturated carbocycles. The SMILES string of the molecule is N#Cc1cnn2c1ncn1c3ccccc3nc12. The molecule has 4 rings (SSSR count). The maximum absolute atomic E-state index is 8.97. The average molecular weight is 234 g/mol. The Morgan fingerprint density at radius 3 is 3.00 bits per heavy atom. The zero-order valence-corrected chi connectivity index (χ0v) is 9.15. The number of fused-ring (bicyclic) bond motifs is 5. The molecule has 0 spiro atoms. The number of para-hydroxylation sites is 2. The fourth-order valence-corrected chi connectivity index (χ4v) is 2.10. The number of hydrogen-bond donors (Lipinski definition) is 0. The van der Waals surface area contributed by atoms with Gasteiger partial charge >= 0.3 is 0 Å². The van der Waals surface area contributed by atoms with E-state index in [1.54, 1.807) is 10.8 Å². The standard InChI is InChI=1S/C12H6N6/c13-5-8-6-15-18-11(8)14-7-17-10-4-2-1-3-9(10)16-12(17)18/h1-4,6-7H. The van der Waals surface area contributed by atoms with E-state index in [9.17, 15) is 0 Å². The molecular formula is C12H6N6. The third-order valence-electron chi connectivity index (χ3n) is 2.93. The Morgan fingerprint density at radius 2 is 2.11 bits per heavy atom. The van der Waals surface area contributed by atoms with Gasteiger partial charge in [0.05, 0.1) is 17.2 Å². The van der Waals surface area contributed by atoms with E-state index in [4.69, 9.17) is 5.26 Å². The predicted molar refractivity (Wildman–Crippen MR) is 64.0 cm³/mol. The summed E-state index contributed by atoms with van der Waals surface area (Å²) in [6, 6.07) is 9.85. The van der Waals surface area contributed by atoms with Crippen LogP contribution in [-0.2, 0) is 0 Å². The van der Waals surface area contributed by atoms with Crippen LogP contribution in [0.3, 0.4) is 0 Å². The number of aromatic nitrogens is 5. The van der Waals surface area contributed by atoms with Crippen molar-refractivity contribution >= 4 is 22.5 Å². The molecule has 0 fully saturated rings. The van der Waals surface area contributed by atoms with Gasteiger partial charge in [0.2, 0.25) is 5.78 Å². The van der Waals surface area contributed by atoms with Gasteiger partial charge < -0.3 is 0 Å². The van der Waals surface area contributed by atoms with Crippen LogP contribution in [0.4, 0.5) is 0 Å². The van der Waals surface area contributed by atoms with Crippen LogP contribution in [0.25, 0.3) is 22.5 Å². The number of nitrogens with zero attached hydrogens (tertiary/aromatic N) is 6. The van der Waals surface area contributed by atoms with Gasteiger partial charge in [0.1, 0.15) is 18.0 Å². The second-order valence-corrected chi connectivity index (χ2v) is 3.92. The highest BCUT2D eigenvalue weighted by Crippen LogP contribution is 2.17. The second kappa shape index (κ2) is 3.05. The average Bonchev–Trinajstić information content (AvgIpc) is 2.99. The maximum Gasteiger partial charge on any atom is 0.239 e. The summed E-state index contributed by atoms with van der Waals surface area (Å²) in [4.78, 5) is 8.77. The molecule has 6 heteroatoms. The van der Waals surface area contributed by atoms with Gasteiger partial charge in [0.25, 0.3) is 0 Å². The van der Waals surface area contributed by atoms with Gasteiger partial charge in [-0.15, -0.1) is 0 Å². The lowest BCUT2D eigenvalue weighted by molar-refractivity contribution is 0.907. The van der Waals surface area contributed by atoms with Crippen molar-refractivity contribution in [1.82, 2.24) is 24.0 Å². The molecule has 1 aromatic carbocycles. The summed E-state index contributed by atoms with van der Waals surface area (Å²) in [5.74, 6) is 0.655. The summed E-state index contributed by atoms with van der Waals surface area (Å²) >= 11 is 0. The first-order chi connectivity index (χ1) is 8.88. The molecule has 0 radical (unpaired) electrons. The van der Waals surface area contributed by atoms with E-state index in [1.807, 2.05) is 28.7 Å². The van der Waals surface area contributed by atoms with Crippen molar-refractivity contribution in [3.05, 3.63) is 42.4 Å². The van der Waals surface area contributed by atoms with E-state index >= 15 is 0 Å². The van der Waals surface area contributed by atoms with Crippen molar-refractivity contribution in [3.8, 4) is 6.07 Å². The molecule has 6 nitrogen and oxygen atoms in total. The van der Waals surface area contributed by atoms with E-state index in [0.717, 1.165) is 11.0 Å². The van der Waals surface area contributed by atoms with E-state index in [2.05, 4.69) is 21.1 Å². The number of rotatable bonds is 0. The van der Waals surface area contributed by atoms with Crippen molar-refractivity contribution in [2.24, 2.45) is 0 Å². The van der Waals surface area contributed by atoms with Crippen LogP contribution in [0.1, 0.15) is 5.56 Å². The molecule has 0 amide bonds. The molecule has 18 heavy (non-hydrogen) atoms. The second-order valence-electron chi connectivity index (χ2n) is 3.92. The third-order valence-corrected chi connectivity index (χ3v) is 2.93. The maximum atomic E-state index is 8.97. The summed E-state index contributed by atoms with van der Waals surface area (Å²) in [6.45, 7) is 0. The highest BCUT2D eigenvalue weighted by atomic mass is 15.3. The van der Waals surface area contributed by atoms with Crippen LogP contribution in [0.15, 0.2) is 36.8 Å². The number of nitriles is 1. The van der Waals surface area contributed by atoms with Gasteiger partial charge in [0, 0.05) is 0 Å². The number of hydrogen-bond acceptors (Lipinski definition) is 4. The van der Waals surface area contributed by atoms with Crippen molar-refractivity contribution in [3.63, 3.8) is 0 Å². The Kier molecular flexibility index (Phi) is 1.54. The van der Waals surface area contributed by atoms with E-state index in [0.29, 0.717) is 17.0 Å². The van der Waals surface area contributed by atoms with Gasteiger partial charge in [-0.25, -0.2) is 9.97 Å². The summed E-state index contributed by atoms with van der Waals surface area (Å²) < 4.78 is 3.44. The highest BCUT2D eigenvalue weighted by molar-refractivity contribution is 5.79. The van der Waals surface area contributed by atoms with Crippen LogP contribution in [0.5, 0.6) is 0 Å². The zero-order valence-electron chi connectivity index (χ0n) is 9.15. The minimum absolute atomic E-state index is 0.449. The summed E-state index contributed by atoms with van der Waals surface area (Å²) in [7, 11) is 0. The molecule has 0 N–H and O–H groups in total. The Balaban J connectivity index is 2.29. The van der Waals surface area contributed by atoms with Crippen LogP contribution < -0.4 is 0 Å². The largest absolute Gasteiger partial charge is 0.267 e. The quantitative estimate of drug-likeness (QED) is 0.461. The first-order valence-corrected chi connectivity index (χ1v) is 5.38. The molecule has 0 aliphatic rings. The van der Waals surface area contributed by atoms with Gasteiger partial charge in [-0.2, -0.15) is 14.9 Å². The summed E-state index contributed by atoms with van der Waals surface area (Å²) in [5.41, 5.74) is 2.82. The predicted octanol–water partition coefficient (Wildman–Crippen LogP) is 1.40. The Labute approximate surface area is 101 Å². The van der Waals surface area contributed by atoms with Crippen molar-refractivity contribution in [2.75, 3.05) is 0 Å². The van der Waals surface area contributed by atoms with Crippen molar-refractivity contribution in [2.45, 2.75) is 0 Å². The topological polar surface area (TPSA) is 71.3 Å². The fraction of sp³-hybridized carbons (Fsp3) is 0. The van der Waals surface area contributed by atoms with E-state index in [1.165, 1.54) is 6.20 Å². The van der Waals surface area contributed by atoms with Crippen molar-refractivity contribution in [1.29, 1.82) is 5.26 Å². The van der Waals surface area contributed by atoms with E-state index < -0.39 is 0 Å². The molecule has 4 aromatic rings. The normalized spacial score (nSPS) is 11.3. The lowest BCUT2D eigenvalue weighted by Crippen LogP contribution is -1.98. The van der Waals surface area contributed by atoms with E-state index in [-0.39, 0.29) is 0 Å².